The molecule has 2 unspecified atom stereocenters. The van der Waals surface area contributed by atoms with Crippen molar-refractivity contribution in [1.29, 1.82) is 0 Å². The molecular formula is C15H21ClFNS2. The van der Waals surface area contributed by atoms with Gasteiger partial charge >= 0.3 is 0 Å². The lowest BCUT2D eigenvalue weighted by molar-refractivity contribution is 0.504. The molecular weight excluding hydrogens is 313 g/mol. The number of rotatable bonds is 6. The molecule has 1 aliphatic rings. The highest BCUT2D eigenvalue weighted by molar-refractivity contribution is 8.06. The van der Waals surface area contributed by atoms with E-state index in [0.717, 1.165) is 24.9 Å². The van der Waals surface area contributed by atoms with E-state index in [0.29, 0.717) is 11.3 Å². The van der Waals surface area contributed by atoms with E-state index in [-0.39, 0.29) is 10.8 Å². The molecule has 0 saturated carbocycles. The first-order valence-electron chi connectivity index (χ1n) is 7.07. The number of thioether (sulfide) groups is 2. The van der Waals surface area contributed by atoms with Crippen LogP contribution in [0.5, 0.6) is 0 Å². The summed E-state index contributed by atoms with van der Waals surface area (Å²) >= 11 is 9.82. The number of hydrogen-bond donors (Lipinski definition) is 1. The first kappa shape index (κ1) is 16.5. The third-order valence-electron chi connectivity index (χ3n) is 3.39. The minimum Gasteiger partial charge on any atom is -0.313 e. The predicted molar refractivity (Wildman–Crippen MR) is 90.8 cm³/mol. The van der Waals surface area contributed by atoms with Crippen LogP contribution in [0.1, 0.15) is 18.9 Å². The van der Waals surface area contributed by atoms with Gasteiger partial charge in [-0.15, -0.1) is 0 Å². The van der Waals surface area contributed by atoms with Gasteiger partial charge in [0.05, 0.1) is 5.02 Å². The molecule has 2 atom stereocenters. The van der Waals surface area contributed by atoms with Crippen LogP contribution in [0.4, 0.5) is 4.39 Å². The quantitative estimate of drug-likeness (QED) is 0.836. The minimum atomic E-state index is -0.316. The van der Waals surface area contributed by atoms with Crippen molar-refractivity contribution >= 4 is 35.1 Å². The fraction of sp³-hybridized carbons (Fsp3) is 0.600. The highest BCUT2D eigenvalue weighted by atomic mass is 35.5. The number of hydrogen-bond acceptors (Lipinski definition) is 3. The topological polar surface area (TPSA) is 12.0 Å². The van der Waals surface area contributed by atoms with Gasteiger partial charge in [0, 0.05) is 28.6 Å². The largest absolute Gasteiger partial charge is 0.313 e. The number of halogens is 2. The van der Waals surface area contributed by atoms with Crippen molar-refractivity contribution in [2.45, 2.75) is 31.1 Å². The summed E-state index contributed by atoms with van der Waals surface area (Å²) in [7, 11) is 0. The second kappa shape index (κ2) is 8.52. The third-order valence-corrected chi connectivity index (χ3v) is 6.61. The molecule has 2 rings (SSSR count). The summed E-state index contributed by atoms with van der Waals surface area (Å²) < 4.78 is 13.6. The molecule has 0 aromatic heterocycles. The predicted octanol–water partition coefficient (Wildman–Crippen LogP) is 4.24. The Morgan fingerprint density at radius 2 is 2.30 bits per heavy atom. The van der Waals surface area contributed by atoms with Gasteiger partial charge in [0.25, 0.3) is 0 Å². The molecule has 0 radical (unpaired) electrons. The van der Waals surface area contributed by atoms with E-state index in [2.05, 4.69) is 12.2 Å². The third kappa shape index (κ3) is 4.83. The van der Waals surface area contributed by atoms with E-state index in [1.807, 2.05) is 29.6 Å². The van der Waals surface area contributed by atoms with Crippen LogP contribution in [0, 0.1) is 5.82 Å². The average molecular weight is 334 g/mol. The smallest absolute Gasteiger partial charge is 0.142 e. The molecule has 1 nitrogen and oxygen atoms in total. The van der Waals surface area contributed by atoms with E-state index in [1.165, 1.54) is 17.3 Å². The Bertz CT molecular complexity index is 424. The van der Waals surface area contributed by atoms with E-state index in [1.54, 1.807) is 12.1 Å². The molecule has 0 aliphatic carbocycles. The van der Waals surface area contributed by atoms with Gasteiger partial charge in [0.15, 0.2) is 0 Å². The van der Waals surface area contributed by atoms with Gasteiger partial charge in [0.2, 0.25) is 0 Å². The Morgan fingerprint density at radius 1 is 1.45 bits per heavy atom. The van der Waals surface area contributed by atoms with E-state index in [4.69, 9.17) is 11.6 Å². The van der Waals surface area contributed by atoms with Crippen molar-refractivity contribution in [3.05, 3.63) is 34.6 Å². The Balaban J connectivity index is 2.03. The Kier molecular flexibility index (Phi) is 7.02. The molecule has 1 saturated heterocycles. The van der Waals surface area contributed by atoms with Crippen LogP contribution in [0.15, 0.2) is 18.2 Å². The van der Waals surface area contributed by atoms with Gasteiger partial charge < -0.3 is 5.32 Å². The van der Waals surface area contributed by atoms with Crippen molar-refractivity contribution < 1.29 is 4.39 Å². The van der Waals surface area contributed by atoms with Crippen LogP contribution in [-0.2, 0) is 6.42 Å². The van der Waals surface area contributed by atoms with E-state index < -0.39 is 0 Å². The first-order chi connectivity index (χ1) is 9.70. The summed E-state index contributed by atoms with van der Waals surface area (Å²) in [5.74, 6) is 3.33. The molecule has 112 valence electrons. The zero-order chi connectivity index (χ0) is 14.4. The molecule has 5 heteroatoms. The molecule has 1 N–H and O–H groups in total. The zero-order valence-corrected chi connectivity index (χ0v) is 14.1. The summed E-state index contributed by atoms with van der Waals surface area (Å²) in [4.78, 5) is 0. The molecule has 1 aromatic rings. The van der Waals surface area contributed by atoms with Crippen molar-refractivity contribution in [3.8, 4) is 0 Å². The molecule has 0 amide bonds. The van der Waals surface area contributed by atoms with Gasteiger partial charge in [-0.3, -0.25) is 0 Å². The van der Waals surface area contributed by atoms with Gasteiger partial charge in [-0.25, -0.2) is 4.39 Å². The van der Waals surface area contributed by atoms with Crippen molar-refractivity contribution in [2.75, 3.05) is 23.8 Å². The van der Waals surface area contributed by atoms with Crippen LogP contribution in [-0.4, -0.2) is 35.1 Å². The maximum absolute atomic E-state index is 13.6. The zero-order valence-electron chi connectivity index (χ0n) is 11.7. The van der Waals surface area contributed by atoms with Crippen LogP contribution >= 0.6 is 35.1 Å². The van der Waals surface area contributed by atoms with Gasteiger partial charge in [-0.1, -0.05) is 24.6 Å². The van der Waals surface area contributed by atoms with Crippen molar-refractivity contribution in [1.82, 2.24) is 5.32 Å². The van der Waals surface area contributed by atoms with E-state index >= 15 is 0 Å². The number of benzene rings is 1. The molecule has 1 fully saturated rings. The fourth-order valence-electron chi connectivity index (χ4n) is 2.32. The highest BCUT2D eigenvalue weighted by Gasteiger charge is 2.24. The molecule has 0 spiro atoms. The van der Waals surface area contributed by atoms with Gasteiger partial charge in [-0.05, 0) is 37.1 Å². The maximum Gasteiger partial charge on any atom is 0.142 e. The van der Waals surface area contributed by atoms with Crippen LogP contribution in [0.25, 0.3) is 0 Å². The number of nitrogens with one attached hydrogen (secondary N) is 1. The lowest BCUT2D eigenvalue weighted by Crippen LogP contribution is -2.43. The molecule has 1 aliphatic heterocycles. The molecule has 20 heavy (non-hydrogen) atoms. The maximum atomic E-state index is 13.6. The van der Waals surface area contributed by atoms with E-state index in [9.17, 15) is 4.39 Å². The van der Waals surface area contributed by atoms with Crippen LogP contribution in [0.2, 0.25) is 5.02 Å². The van der Waals surface area contributed by atoms with Crippen LogP contribution < -0.4 is 5.32 Å². The fourth-order valence-corrected chi connectivity index (χ4v) is 5.33. The minimum absolute atomic E-state index is 0.203. The average Bonchev–Trinajstić information content (AvgIpc) is 2.48. The summed E-state index contributed by atoms with van der Waals surface area (Å²) in [6.45, 7) is 3.19. The monoisotopic (exact) mass is 333 g/mol. The SMILES string of the molecule is CCCNC(Cc1ccc(Cl)c(F)c1)C1CSCCS1. The van der Waals surface area contributed by atoms with Gasteiger partial charge in [0.1, 0.15) is 5.82 Å². The molecule has 1 aromatic carbocycles. The lowest BCUT2D eigenvalue weighted by atomic mass is 10.0. The Labute approximate surface area is 134 Å². The normalized spacial score (nSPS) is 20.9. The second-order valence-electron chi connectivity index (χ2n) is 5.00. The summed E-state index contributed by atoms with van der Waals surface area (Å²) in [5, 5.41) is 4.45. The lowest BCUT2D eigenvalue weighted by Gasteiger charge is -2.30. The van der Waals surface area contributed by atoms with Crippen molar-refractivity contribution in [3.63, 3.8) is 0 Å². The summed E-state index contributed by atoms with van der Waals surface area (Å²) in [6.07, 6.45) is 1.99. The Morgan fingerprint density at radius 3 is 2.95 bits per heavy atom. The summed E-state index contributed by atoms with van der Waals surface area (Å²) in [5.41, 5.74) is 1.02. The molecule has 1 heterocycles. The highest BCUT2D eigenvalue weighted by Crippen LogP contribution is 2.28. The first-order valence-corrected chi connectivity index (χ1v) is 9.65. The van der Waals surface area contributed by atoms with Gasteiger partial charge in [-0.2, -0.15) is 23.5 Å². The van der Waals surface area contributed by atoms with Crippen molar-refractivity contribution in [2.24, 2.45) is 0 Å². The molecule has 0 bridgehead atoms. The Hall–Kier alpha value is 0.1000. The second-order valence-corrected chi connectivity index (χ2v) is 7.90. The standard InChI is InChI=1S/C15H21ClFNS2/c1-2-5-18-14(15-10-19-6-7-20-15)9-11-3-4-12(16)13(17)8-11/h3-4,8,14-15,18H,2,5-7,9-10H2,1H3. The summed E-state index contributed by atoms with van der Waals surface area (Å²) in [6, 6.07) is 5.58. The van der Waals surface area contributed by atoms with Crippen LogP contribution in [0.3, 0.4) is 0 Å².